The van der Waals surface area contributed by atoms with Gasteiger partial charge < -0.3 is 9.51 Å². The lowest BCUT2D eigenvalue weighted by Gasteiger charge is -2.33. The minimum Gasteiger partial charge on any atom is -0.387 e. The molecule has 0 saturated heterocycles. The van der Waals surface area contributed by atoms with E-state index in [0.29, 0.717) is 17.8 Å². The molecule has 2 aromatic heterocycles. The first-order chi connectivity index (χ1) is 15.8. The number of aromatic nitrogens is 2. The van der Waals surface area contributed by atoms with Crippen molar-refractivity contribution in [3.63, 3.8) is 0 Å². The fraction of sp³-hybridized carbons (Fsp3) is 0.345. The van der Waals surface area contributed by atoms with Crippen molar-refractivity contribution in [2.24, 2.45) is 5.92 Å². The van der Waals surface area contributed by atoms with Gasteiger partial charge in [-0.25, -0.2) is 4.98 Å². The SMILES string of the molecule is OC(c1c(C2CC2)ccc2cncn12)C1CCC(c2ccc(-c3ccccc3)cc2)CC1. The zero-order chi connectivity index (χ0) is 21.5. The highest BCUT2D eigenvalue weighted by Crippen LogP contribution is 2.47. The van der Waals surface area contributed by atoms with Gasteiger partial charge in [0.2, 0.25) is 0 Å². The molecule has 2 fully saturated rings. The monoisotopic (exact) mass is 422 g/mol. The maximum atomic E-state index is 11.5. The Morgan fingerprint density at radius 1 is 0.750 bits per heavy atom. The van der Waals surface area contributed by atoms with Gasteiger partial charge in [0.15, 0.2) is 0 Å². The van der Waals surface area contributed by atoms with Crippen LogP contribution in [-0.2, 0) is 0 Å². The van der Waals surface area contributed by atoms with Crippen molar-refractivity contribution < 1.29 is 5.11 Å². The van der Waals surface area contributed by atoms with E-state index in [0.717, 1.165) is 36.9 Å². The molecule has 0 amide bonds. The third-order valence-corrected chi connectivity index (χ3v) is 7.66. The van der Waals surface area contributed by atoms with Gasteiger partial charge in [-0.3, -0.25) is 0 Å². The lowest BCUT2D eigenvalue weighted by molar-refractivity contribution is 0.0754. The predicted octanol–water partition coefficient (Wildman–Crippen LogP) is 6.89. The number of aliphatic hydroxyl groups excluding tert-OH is 1. The number of imidazole rings is 1. The Hall–Kier alpha value is -2.91. The highest BCUT2D eigenvalue weighted by Gasteiger charge is 2.34. The standard InChI is InChI=1S/C29H30N2O/c32-29(28-27(24-12-13-24)17-16-26-18-30-19-31(26)28)25-14-10-23(11-15-25)22-8-6-21(7-9-22)20-4-2-1-3-5-20/h1-9,16-19,23-25,29,32H,10-15H2. The van der Waals surface area contributed by atoms with Gasteiger partial charge in [-0.05, 0) is 84.6 Å². The van der Waals surface area contributed by atoms with Crippen molar-refractivity contribution in [3.8, 4) is 11.1 Å². The summed E-state index contributed by atoms with van der Waals surface area (Å²) in [6, 6.07) is 24.1. The fourth-order valence-corrected chi connectivity index (χ4v) is 5.65. The van der Waals surface area contributed by atoms with E-state index < -0.39 is 6.10 Å². The second-order valence-corrected chi connectivity index (χ2v) is 9.68. The Balaban J connectivity index is 1.17. The molecule has 0 aliphatic heterocycles. The Bertz CT molecular complexity index is 1200. The van der Waals surface area contributed by atoms with Crippen LogP contribution in [0.25, 0.3) is 16.6 Å². The molecule has 2 aliphatic carbocycles. The van der Waals surface area contributed by atoms with E-state index in [4.69, 9.17) is 0 Å². The maximum absolute atomic E-state index is 11.5. The Kier molecular flexibility index (Phi) is 5.07. The molecule has 2 saturated carbocycles. The number of benzene rings is 2. The average molecular weight is 423 g/mol. The van der Waals surface area contributed by atoms with Gasteiger partial charge in [0.05, 0.1) is 29.8 Å². The Morgan fingerprint density at radius 3 is 2.16 bits per heavy atom. The molecule has 2 aliphatic rings. The molecule has 1 unspecified atom stereocenters. The second kappa shape index (κ2) is 8.22. The minimum absolute atomic E-state index is 0.320. The van der Waals surface area contributed by atoms with Crippen LogP contribution in [-0.4, -0.2) is 14.5 Å². The Morgan fingerprint density at radius 2 is 1.44 bits per heavy atom. The topological polar surface area (TPSA) is 37.5 Å². The van der Waals surface area contributed by atoms with Crippen LogP contribution in [0, 0.1) is 5.92 Å². The molecular weight excluding hydrogens is 392 g/mol. The second-order valence-electron chi connectivity index (χ2n) is 9.68. The summed E-state index contributed by atoms with van der Waals surface area (Å²) in [4.78, 5) is 4.34. The van der Waals surface area contributed by atoms with Crippen LogP contribution in [0.2, 0.25) is 0 Å². The van der Waals surface area contributed by atoms with Crippen LogP contribution >= 0.6 is 0 Å². The van der Waals surface area contributed by atoms with Crippen LogP contribution in [0.4, 0.5) is 0 Å². The summed E-state index contributed by atoms with van der Waals surface area (Å²) in [7, 11) is 0. The predicted molar refractivity (Wildman–Crippen MR) is 129 cm³/mol. The quantitative estimate of drug-likeness (QED) is 0.380. The normalized spacial score (nSPS) is 22.2. The summed E-state index contributed by atoms with van der Waals surface area (Å²) in [6.07, 6.45) is 10.3. The third-order valence-electron chi connectivity index (χ3n) is 7.66. The molecule has 2 aromatic carbocycles. The average Bonchev–Trinajstić information content (AvgIpc) is 3.60. The van der Waals surface area contributed by atoms with Crippen LogP contribution in [0.3, 0.4) is 0 Å². The molecule has 162 valence electrons. The van der Waals surface area contributed by atoms with Crippen molar-refractivity contribution in [3.05, 3.63) is 96.1 Å². The summed E-state index contributed by atoms with van der Waals surface area (Å²) in [5.41, 5.74) is 7.49. The van der Waals surface area contributed by atoms with E-state index in [1.54, 1.807) is 0 Å². The van der Waals surface area contributed by atoms with Crippen molar-refractivity contribution in [2.45, 2.75) is 56.5 Å². The molecule has 3 nitrogen and oxygen atoms in total. The molecule has 2 heterocycles. The molecular formula is C29H30N2O. The van der Waals surface area contributed by atoms with Crippen molar-refractivity contribution in [1.29, 1.82) is 0 Å². The van der Waals surface area contributed by atoms with Crippen LogP contribution in [0.1, 0.15) is 73.3 Å². The zero-order valence-corrected chi connectivity index (χ0v) is 18.4. The van der Waals surface area contributed by atoms with Crippen LogP contribution < -0.4 is 0 Å². The number of nitrogens with zero attached hydrogens (tertiary/aromatic N) is 2. The van der Waals surface area contributed by atoms with E-state index in [1.165, 1.54) is 35.1 Å². The molecule has 0 bridgehead atoms. The van der Waals surface area contributed by atoms with Crippen LogP contribution in [0.5, 0.6) is 0 Å². The van der Waals surface area contributed by atoms with Crippen molar-refractivity contribution in [1.82, 2.24) is 9.38 Å². The lowest BCUT2D eigenvalue weighted by Crippen LogP contribution is -2.22. The van der Waals surface area contributed by atoms with E-state index in [2.05, 4.69) is 76.1 Å². The van der Waals surface area contributed by atoms with Crippen LogP contribution in [0.15, 0.2) is 79.3 Å². The fourth-order valence-electron chi connectivity index (χ4n) is 5.65. The minimum atomic E-state index is -0.412. The molecule has 4 aromatic rings. The first-order valence-corrected chi connectivity index (χ1v) is 12.1. The zero-order valence-electron chi connectivity index (χ0n) is 18.4. The van der Waals surface area contributed by atoms with Gasteiger partial charge in [-0.1, -0.05) is 60.7 Å². The number of hydrogen-bond donors (Lipinski definition) is 1. The summed E-state index contributed by atoms with van der Waals surface area (Å²) in [5.74, 6) is 1.53. The van der Waals surface area contributed by atoms with Crippen molar-refractivity contribution >= 4 is 5.52 Å². The summed E-state index contributed by atoms with van der Waals surface area (Å²) >= 11 is 0. The van der Waals surface area contributed by atoms with E-state index >= 15 is 0 Å². The molecule has 1 atom stereocenters. The number of fused-ring (bicyclic) bond motifs is 1. The third kappa shape index (κ3) is 3.65. The first-order valence-electron chi connectivity index (χ1n) is 12.1. The molecule has 3 heteroatoms. The molecule has 32 heavy (non-hydrogen) atoms. The highest BCUT2D eigenvalue weighted by atomic mass is 16.3. The van der Waals surface area contributed by atoms with Gasteiger partial charge in [0.1, 0.15) is 0 Å². The van der Waals surface area contributed by atoms with Crippen molar-refractivity contribution in [2.75, 3.05) is 0 Å². The summed E-state index contributed by atoms with van der Waals surface area (Å²) in [6.45, 7) is 0. The molecule has 6 rings (SSSR count). The number of hydrogen-bond acceptors (Lipinski definition) is 2. The van der Waals surface area contributed by atoms with E-state index in [9.17, 15) is 5.11 Å². The number of aliphatic hydroxyl groups is 1. The number of rotatable bonds is 5. The molecule has 1 N–H and O–H groups in total. The highest BCUT2D eigenvalue weighted by molar-refractivity contribution is 5.63. The van der Waals surface area contributed by atoms with Gasteiger partial charge in [-0.15, -0.1) is 0 Å². The maximum Gasteiger partial charge on any atom is 0.0995 e. The largest absolute Gasteiger partial charge is 0.387 e. The first kappa shape index (κ1) is 19.8. The van der Waals surface area contributed by atoms with Gasteiger partial charge >= 0.3 is 0 Å². The van der Waals surface area contributed by atoms with Gasteiger partial charge in [0.25, 0.3) is 0 Å². The molecule has 0 spiro atoms. The smallest absolute Gasteiger partial charge is 0.0995 e. The number of pyridine rings is 1. The summed E-state index contributed by atoms with van der Waals surface area (Å²) in [5, 5.41) is 11.5. The summed E-state index contributed by atoms with van der Waals surface area (Å²) < 4.78 is 2.13. The van der Waals surface area contributed by atoms with Gasteiger partial charge in [-0.2, -0.15) is 0 Å². The Labute approximate surface area is 189 Å². The lowest BCUT2D eigenvalue weighted by atomic mass is 9.75. The van der Waals surface area contributed by atoms with E-state index in [1.807, 2.05) is 12.5 Å². The van der Waals surface area contributed by atoms with Gasteiger partial charge in [0, 0.05) is 0 Å². The molecule has 0 radical (unpaired) electrons. The van der Waals surface area contributed by atoms with E-state index in [-0.39, 0.29) is 0 Å².